The van der Waals surface area contributed by atoms with Crippen LogP contribution in [0.15, 0.2) is 22.6 Å². The molecular formula is C17H20N4O3. The van der Waals surface area contributed by atoms with E-state index in [9.17, 15) is 0 Å². The summed E-state index contributed by atoms with van der Waals surface area (Å²) in [5.41, 5.74) is 1.62. The van der Waals surface area contributed by atoms with Gasteiger partial charge >= 0.3 is 0 Å². The lowest BCUT2D eigenvalue weighted by Gasteiger charge is -2.35. The number of aryl methyl sites for hydroxylation is 1. The molecule has 0 bridgehead atoms. The fourth-order valence-corrected chi connectivity index (χ4v) is 2.93. The van der Waals surface area contributed by atoms with Gasteiger partial charge in [-0.2, -0.15) is 5.26 Å². The van der Waals surface area contributed by atoms with Crippen molar-refractivity contribution in [2.75, 3.05) is 20.2 Å². The number of methoxy groups -OCH3 is 1. The number of rotatable bonds is 4. The van der Waals surface area contributed by atoms with Crippen LogP contribution in [0.25, 0.3) is 0 Å². The Morgan fingerprint density at radius 2 is 2.21 bits per heavy atom. The van der Waals surface area contributed by atoms with Crippen LogP contribution < -0.4 is 4.74 Å². The Hall–Kier alpha value is -2.43. The normalized spacial score (nSPS) is 21.4. The number of aromatic nitrogens is 2. The molecule has 3 rings (SSSR count). The van der Waals surface area contributed by atoms with Crippen LogP contribution in [0.4, 0.5) is 0 Å². The number of morpholine rings is 1. The van der Waals surface area contributed by atoms with Crippen molar-refractivity contribution in [1.82, 2.24) is 15.1 Å². The van der Waals surface area contributed by atoms with Gasteiger partial charge in [-0.15, -0.1) is 10.2 Å². The fraction of sp³-hybridized carbons (Fsp3) is 0.471. The first kappa shape index (κ1) is 16.4. The number of ether oxygens (including phenoxy) is 2. The van der Waals surface area contributed by atoms with Crippen LogP contribution in [0.3, 0.4) is 0 Å². The van der Waals surface area contributed by atoms with Crippen molar-refractivity contribution in [3.05, 3.63) is 41.1 Å². The van der Waals surface area contributed by atoms with Crippen LogP contribution >= 0.6 is 0 Å². The average molecular weight is 328 g/mol. The predicted molar refractivity (Wildman–Crippen MR) is 85.3 cm³/mol. The van der Waals surface area contributed by atoms with Gasteiger partial charge in [0.05, 0.1) is 24.8 Å². The average Bonchev–Trinajstić information content (AvgIpc) is 3.01. The molecule has 7 heteroatoms. The monoisotopic (exact) mass is 328 g/mol. The second-order valence-electron chi connectivity index (χ2n) is 5.93. The number of hydrogen-bond donors (Lipinski definition) is 0. The first-order chi connectivity index (χ1) is 11.6. The van der Waals surface area contributed by atoms with E-state index in [0.717, 1.165) is 17.9 Å². The number of nitrogens with zero attached hydrogens (tertiary/aromatic N) is 4. The Bertz CT molecular complexity index is 753. The lowest BCUT2D eigenvalue weighted by molar-refractivity contribution is -0.0918. The fourth-order valence-electron chi connectivity index (χ4n) is 2.93. The standard InChI is InChI=1S/C17H20N4O3/c1-11-8-21(10-16(23-11)17-20-19-12(2)24-17)9-14-5-4-13(7-18)6-15(14)22-3/h4-6,11,16H,8-10H2,1-3H3/t11-,16-/m1/s1. The number of benzene rings is 1. The molecule has 0 unspecified atom stereocenters. The van der Waals surface area contributed by atoms with E-state index < -0.39 is 0 Å². The van der Waals surface area contributed by atoms with E-state index >= 15 is 0 Å². The Balaban J connectivity index is 1.76. The molecule has 0 amide bonds. The minimum atomic E-state index is -0.237. The van der Waals surface area contributed by atoms with E-state index in [1.807, 2.05) is 13.0 Å². The topological polar surface area (TPSA) is 84.4 Å². The summed E-state index contributed by atoms with van der Waals surface area (Å²) in [5, 5.41) is 17.0. The molecule has 24 heavy (non-hydrogen) atoms. The van der Waals surface area contributed by atoms with Gasteiger partial charge in [0.25, 0.3) is 0 Å². The van der Waals surface area contributed by atoms with E-state index in [2.05, 4.69) is 21.2 Å². The molecule has 1 saturated heterocycles. The van der Waals surface area contributed by atoms with E-state index in [4.69, 9.17) is 19.2 Å². The van der Waals surface area contributed by atoms with Crippen LogP contribution in [-0.2, 0) is 11.3 Å². The Morgan fingerprint density at radius 3 is 2.88 bits per heavy atom. The Morgan fingerprint density at radius 1 is 1.38 bits per heavy atom. The molecule has 126 valence electrons. The maximum Gasteiger partial charge on any atom is 0.246 e. The highest BCUT2D eigenvalue weighted by molar-refractivity contribution is 5.42. The van der Waals surface area contributed by atoms with Crippen LogP contribution in [0.5, 0.6) is 5.75 Å². The van der Waals surface area contributed by atoms with Gasteiger partial charge in [-0.1, -0.05) is 6.07 Å². The molecule has 2 heterocycles. The molecule has 0 saturated carbocycles. The molecule has 0 spiro atoms. The highest BCUT2D eigenvalue weighted by Gasteiger charge is 2.30. The first-order valence-electron chi connectivity index (χ1n) is 7.84. The summed E-state index contributed by atoms with van der Waals surface area (Å²) in [5.74, 6) is 1.77. The maximum absolute atomic E-state index is 9.01. The van der Waals surface area contributed by atoms with Crippen LogP contribution in [0.2, 0.25) is 0 Å². The molecule has 1 aromatic heterocycles. The lowest BCUT2D eigenvalue weighted by atomic mass is 10.1. The van der Waals surface area contributed by atoms with Crippen molar-refractivity contribution in [3.8, 4) is 11.8 Å². The largest absolute Gasteiger partial charge is 0.496 e. The van der Waals surface area contributed by atoms with Gasteiger partial charge in [0.2, 0.25) is 11.8 Å². The predicted octanol–water partition coefficient (Wildman–Crippen LogP) is 2.22. The summed E-state index contributed by atoms with van der Waals surface area (Å²) in [7, 11) is 1.62. The van der Waals surface area contributed by atoms with Gasteiger partial charge in [-0.05, 0) is 19.1 Å². The third-order valence-electron chi connectivity index (χ3n) is 3.96. The molecular weight excluding hydrogens is 308 g/mol. The number of hydrogen-bond acceptors (Lipinski definition) is 7. The summed E-state index contributed by atoms with van der Waals surface area (Å²) in [6, 6.07) is 7.63. The molecule has 1 aromatic carbocycles. The van der Waals surface area contributed by atoms with Gasteiger partial charge in [0.15, 0.2) is 0 Å². The molecule has 1 fully saturated rings. The maximum atomic E-state index is 9.01. The van der Waals surface area contributed by atoms with Gasteiger partial charge in [0.1, 0.15) is 11.9 Å². The molecule has 0 radical (unpaired) electrons. The molecule has 2 atom stereocenters. The highest BCUT2D eigenvalue weighted by atomic mass is 16.5. The molecule has 1 aliphatic rings. The first-order valence-corrected chi connectivity index (χ1v) is 7.84. The molecule has 0 N–H and O–H groups in total. The summed E-state index contributed by atoms with van der Waals surface area (Å²) in [6.07, 6.45) is -0.181. The van der Waals surface area contributed by atoms with Crippen molar-refractivity contribution in [1.29, 1.82) is 5.26 Å². The summed E-state index contributed by atoms with van der Waals surface area (Å²) < 4.78 is 16.9. The van der Waals surface area contributed by atoms with E-state index in [-0.39, 0.29) is 12.2 Å². The van der Waals surface area contributed by atoms with E-state index in [1.165, 1.54) is 0 Å². The van der Waals surface area contributed by atoms with Gasteiger partial charge in [-0.3, -0.25) is 4.90 Å². The molecule has 7 nitrogen and oxygen atoms in total. The minimum absolute atomic E-state index is 0.0559. The zero-order valence-corrected chi connectivity index (χ0v) is 14.0. The lowest BCUT2D eigenvalue weighted by Crippen LogP contribution is -2.42. The summed E-state index contributed by atoms with van der Waals surface area (Å²) in [4.78, 5) is 2.27. The second-order valence-corrected chi connectivity index (χ2v) is 5.93. The van der Waals surface area contributed by atoms with Crippen molar-refractivity contribution < 1.29 is 13.9 Å². The minimum Gasteiger partial charge on any atom is -0.496 e. The smallest absolute Gasteiger partial charge is 0.246 e. The SMILES string of the molecule is COc1cc(C#N)ccc1CN1C[C@@H](C)O[C@@H](c2nnc(C)o2)C1. The zero-order valence-electron chi connectivity index (χ0n) is 14.0. The molecule has 0 aliphatic carbocycles. The molecule has 2 aromatic rings. The quantitative estimate of drug-likeness (QED) is 0.850. The Labute approximate surface area is 140 Å². The van der Waals surface area contributed by atoms with Crippen molar-refractivity contribution in [2.45, 2.75) is 32.6 Å². The van der Waals surface area contributed by atoms with Crippen LogP contribution in [-0.4, -0.2) is 41.4 Å². The highest BCUT2D eigenvalue weighted by Crippen LogP contribution is 2.28. The summed E-state index contributed by atoms with van der Waals surface area (Å²) >= 11 is 0. The van der Waals surface area contributed by atoms with Crippen LogP contribution in [0.1, 0.15) is 35.9 Å². The number of nitriles is 1. The van der Waals surface area contributed by atoms with Crippen molar-refractivity contribution in [3.63, 3.8) is 0 Å². The van der Waals surface area contributed by atoms with Gasteiger partial charge in [0, 0.05) is 32.1 Å². The third-order valence-corrected chi connectivity index (χ3v) is 3.96. The molecule has 1 aliphatic heterocycles. The van der Waals surface area contributed by atoms with Crippen molar-refractivity contribution >= 4 is 0 Å². The third kappa shape index (κ3) is 3.55. The van der Waals surface area contributed by atoms with Crippen LogP contribution in [0, 0.1) is 18.3 Å². The summed E-state index contributed by atoms with van der Waals surface area (Å²) in [6.45, 7) is 5.95. The van der Waals surface area contributed by atoms with Gasteiger partial charge < -0.3 is 13.9 Å². The second kappa shape index (κ2) is 6.99. The van der Waals surface area contributed by atoms with E-state index in [1.54, 1.807) is 26.2 Å². The Kier molecular flexibility index (Phi) is 4.79. The van der Waals surface area contributed by atoms with Gasteiger partial charge in [-0.25, -0.2) is 0 Å². The van der Waals surface area contributed by atoms with E-state index in [0.29, 0.717) is 30.4 Å². The zero-order chi connectivity index (χ0) is 17.1. The van der Waals surface area contributed by atoms with Crippen molar-refractivity contribution in [2.24, 2.45) is 0 Å².